The number of aromatic nitrogens is 2. The van der Waals surface area contributed by atoms with Crippen molar-refractivity contribution in [3.63, 3.8) is 0 Å². The molecule has 0 unspecified atom stereocenters. The van der Waals surface area contributed by atoms with Gasteiger partial charge in [-0.2, -0.15) is 0 Å². The molecule has 0 aliphatic rings. The van der Waals surface area contributed by atoms with Gasteiger partial charge in [-0.3, -0.25) is 0 Å². The van der Waals surface area contributed by atoms with E-state index in [2.05, 4.69) is 48.6 Å². The molecule has 0 aromatic carbocycles. The summed E-state index contributed by atoms with van der Waals surface area (Å²) in [6.45, 7) is 10.6. The van der Waals surface area contributed by atoms with Gasteiger partial charge in [0.2, 0.25) is 0 Å². The Morgan fingerprint density at radius 3 is 2.78 bits per heavy atom. The summed E-state index contributed by atoms with van der Waals surface area (Å²) in [6, 6.07) is 2.30. The van der Waals surface area contributed by atoms with Gasteiger partial charge in [-0.25, -0.2) is 4.98 Å². The maximum atomic E-state index is 4.08. The number of imidazole rings is 1. The minimum Gasteiger partial charge on any atom is -0.333 e. The third-order valence-electron chi connectivity index (χ3n) is 2.78. The van der Waals surface area contributed by atoms with E-state index in [1.54, 1.807) is 0 Å². The zero-order chi connectivity index (χ0) is 13.2. The fourth-order valence-corrected chi connectivity index (χ4v) is 2.75. The Morgan fingerprint density at radius 1 is 1.39 bits per heavy atom. The molecule has 0 aliphatic heterocycles. The largest absolute Gasteiger partial charge is 0.333 e. The van der Waals surface area contributed by atoms with Crippen molar-refractivity contribution in [3.8, 4) is 0 Å². The number of nitrogens with zero attached hydrogens (tertiary/aromatic N) is 2. The number of nitrogens with one attached hydrogen (secondary N) is 1. The van der Waals surface area contributed by atoms with Crippen molar-refractivity contribution in [2.75, 3.05) is 0 Å². The molecule has 2 aromatic heterocycles. The molecule has 2 rings (SSSR count). The van der Waals surface area contributed by atoms with E-state index in [0.717, 1.165) is 13.1 Å². The van der Waals surface area contributed by atoms with Crippen LogP contribution in [0.15, 0.2) is 24.8 Å². The van der Waals surface area contributed by atoms with Crippen molar-refractivity contribution in [2.24, 2.45) is 0 Å². The van der Waals surface area contributed by atoms with Crippen LogP contribution in [0.5, 0.6) is 0 Å². The van der Waals surface area contributed by atoms with Crippen LogP contribution < -0.4 is 5.32 Å². The Morgan fingerprint density at radius 2 is 2.17 bits per heavy atom. The summed E-state index contributed by atoms with van der Waals surface area (Å²) in [6.07, 6.45) is 5.69. The van der Waals surface area contributed by atoms with Gasteiger partial charge in [0, 0.05) is 40.8 Å². The molecule has 3 nitrogen and oxygen atoms in total. The fraction of sp³-hybridized carbons (Fsp3) is 0.500. The van der Waals surface area contributed by atoms with Crippen LogP contribution in [0, 0.1) is 6.92 Å². The first-order chi connectivity index (χ1) is 8.44. The first-order valence-electron chi connectivity index (χ1n) is 6.23. The Kier molecular flexibility index (Phi) is 3.88. The molecule has 0 spiro atoms. The molecule has 0 saturated heterocycles. The highest BCUT2D eigenvalue weighted by Gasteiger charge is 2.11. The van der Waals surface area contributed by atoms with Crippen molar-refractivity contribution < 1.29 is 0 Å². The Labute approximate surface area is 113 Å². The standard InChI is InChI=1S/C14H21N3S/c1-11-12(9-17-6-5-15-10-17)7-13(18-11)8-16-14(2,3)4/h5-7,10,16H,8-9H2,1-4H3. The van der Waals surface area contributed by atoms with E-state index < -0.39 is 0 Å². The van der Waals surface area contributed by atoms with E-state index >= 15 is 0 Å². The lowest BCUT2D eigenvalue weighted by Gasteiger charge is -2.19. The second kappa shape index (κ2) is 5.24. The fourth-order valence-electron chi connectivity index (χ4n) is 1.76. The average molecular weight is 263 g/mol. The molecule has 0 bridgehead atoms. The smallest absolute Gasteiger partial charge is 0.0949 e. The molecule has 0 atom stereocenters. The molecule has 0 aliphatic carbocycles. The third kappa shape index (κ3) is 3.68. The lowest BCUT2D eigenvalue weighted by molar-refractivity contribution is 0.426. The summed E-state index contributed by atoms with van der Waals surface area (Å²) in [5.74, 6) is 0. The van der Waals surface area contributed by atoms with Gasteiger partial charge in [-0.15, -0.1) is 11.3 Å². The molecule has 2 aromatic rings. The van der Waals surface area contributed by atoms with Crippen LogP contribution in [0.4, 0.5) is 0 Å². The molecule has 18 heavy (non-hydrogen) atoms. The lowest BCUT2D eigenvalue weighted by Crippen LogP contribution is -2.34. The summed E-state index contributed by atoms with van der Waals surface area (Å²) < 4.78 is 2.11. The van der Waals surface area contributed by atoms with Crippen molar-refractivity contribution in [1.29, 1.82) is 0 Å². The van der Waals surface area contributed by atoms with Gasteiger partial charge in [0.1, 0.15) is 0 Å². The van der Waals surface area contributed by atoms with Crippen LogP contribution in [0.25, 0.3) is 0 Å². The molecule has 0 saturated carbocycles. The van der Waals surface area contributed by atoms with Gasteiger partial charge < -0.3 is 9.88 Å². The Bertz CT molecular complexity index is 492. The highest BCUT2D eigenvalue weighted by molar-refractivity contribution is 7.12. The molecular weight excluding hydrogens is 242 g/mol. The number of aryl methyl sites for hydroxylation is 1. The van der Waals surface area contributed by atoms with E-state index in [1.165, 1.54) is 15.3 Å². The van der Waals surface area contributed by atoms with Crippen LogP contribution in [0.3, 0.4) is 0 Å². The van der Waals surface area contributed by atoms with Gasteiger partial charge >= 0.3 is 0 Å². The summed E-state index contributed by atoms with van der Waals surface area (Å²) in [5, 5.41) is 3.53. The summed E-state index contributed by atoms with van der Waals surface area (Å²) >= 11 is 1.88. The van der Waals surface area contributed by atoms with Gasteiger partial charge in [0.15, 0.2) is 0 Å². The number of rotatable bonds is 4. The lowest BCUT2D eigenvalue weighted by atomic mass is 10.1. The van der Waals surface area contributed by atoms with E-state index in [4.69, 9.17) is 0 Å². The van der Waals surface area contributed by atoms with Crippen LogP contribution in [0.2, 0.25) is 0 Å². The first-order valence-corrected chi connectivity index (χ1v) is 7.05. The quantitative estimate of drug-likeness (QED) is 0.918. The average Bonchev–Trinajstić information content (AvgIpc) is 2.86. The third-order valence-corrected chi connectivity index (χ3v) is 3.87. The summed E-state index contributed by atoms with van der Waals surface area (Å²) in [7, 11) is 0. The Balaban J connectivity index is 2.03. The van der Waals surface area contributed by atoms with Crippen LogP contribution in [0.1, 0.15) is 36.1 Å². The van der Waals surface area contributed by atoms with Crippen LogP contribution in [-0.2, 0) is 13.1 Å². The number of hydrogen-bond acceptors (Lipinski definition) is 3. The molecule has 98 valence electrons. The van der Waals surface area contributed by atoms with Crippen LogP contribution >= 0.6 is 11.3 Å². The molecule has 2 heterocycles. The molecule has 4 heteroatoms. The molecule has 1 N–H and O–H groups in total. The molecule has 0 fully saturated rings. The topological polar surface area (TPSA) is 29.9 Å². The minimum absolute atomic E-state index is 0.169. The molecule has 0 radical (unpaired) electrons. The monoisotopic (exact) mass is 263 g/mol. The second-order valence-electron chi connectivity index (χ2n) is 5.63. The predicted molar refractivity (Wildman–Crippen MR) is 77.0 cm³/mol. The highest BCUT2D eigenvalue weighted by Crippen LogP contribution is 2.23. The first kappa shape index (κ1) is 13.3. The van der Waals surface area contributed by atoms with Gasteiger partial charge in [-0.05, 0) is 39.3 Å². The summed E-state index contributed by atoms with van der Waals surface area (Å²) in [5.41, 5.74) is 1.56. The maximum Gasteiger partial charge on any atom is 0.0949 e. The SMILES string of the molecule is Cc1sc(CNC(C)(C)C)cc1Cn1ccnc1. The van der Waals surface area contributed by atoms with Crippen LogP contribution in [-0.4, -0.2) is 15.1 Å². The molecule has 0 amide bonds. The summed E-state index contributed by atoms with van der Waals surface area (Å²) in [4.78, 5) is 6.88. The highest BCUT2D eigenvalue weighted by atomic mass is 32.1. The van der Waals surface area contributed by atoms with Gasteiger partial charge in [0.05, 0.1) is 6.33 Å². The number of hydrogen-bond donors (Lipinski definition) is 1. The van der Waals surface area contributed by atoms with Gasteiger partial charge in [0.25, 0.3) is 0 Å². The normalized spacial score (nSPS) is 12.0. The Hall–Kier alpha value is -1.13. The number of thiophene rings is 1. The van der Waals surface area contributed by atoms with Crippen molar-refractivity contribution in [3.05, 3.63) is 40.1 Å². The van der Waals surface area contributed by atoms with E-state index in [-0.39, 0.29) is 5.54 Å². The van der Waals surface area contributed by atoms with Crippen molar-refractivity contribution >= 4 is 11.3 Å². The second-order valence-corrected chi connectivity index (χ2v) is 6.97. The van der Waals surface area contributed by atoms with E-state index in [0.29, 0.717) is 0 Å². The van der Waals surface area contributed by atoms with Gasteiger partial charge in [-0.1, -0.05) is 0 Å². The molecular formula is C14H21N3S. The van der Waals surface area contributed by atoms with Crippen molar-refractivity contribution in [2.45, 2.75) is 46.3 Å². The van der Waals surface area contributed by atoms with E-state index in [9.17, 15) is 0 Å². The maximum absolute atomic E-state index is 4.08. The predicted octanol–water partition coefficient (Wildman–Crippen LogP) is 3.19. The zero-order valence-corrected chi connectivity index (χ0v) is 12.3. The zero-order valence-electron chi connectivity index (χ0n) is 11.5. The van der Waals surface area contributed by atoms with Crippen molar-refractivity contribution in [1.82, 2.24) is 14.9 Å². The van der Waals surface area contributed by atoms with E-state index in [1.807, 2.05) is 30.1 Å². The minimum atomic E-state index is 0.169.